The van der Waals surface area contributed by atoms with E-state index in [4.69, 9.17) is 10.2 Å². The Morgan fingerprint density at radius 2 is 1.89 bits per heavy atom. The Morgan fingerprint density at radius 3 is 1.89 bits per heavy atom. The third-order valence-corrected chi connectivity index (χ3v) is 0.558. The summed E-state index contributed by atoms with van der Waals surface area (Å²) in [5.74, 6) is -1.21. The van der Waals surface area contributed by atoms with Crippen LogP contribution in [0.4, 0.5) is 0 Å². The van der Waals surface area contributed by atoms with E-state index >= 15 is 0 Å². The van der Waals surface area contributed by atoms with E-state index in [1.54, 1.807) is 0 Å². The van der Waals surface area contributed by atoms with E-state index in [0.29, 0.717) is 0 Å². The molecule has 1 atom stereocenters. The number of rotatable bonds is 2. The Bertz CT molecular complexity index is 76.2. The van der Waals surface area contributed by atoms with Crippen molar-refractivity contribution in [2.75, 3.05) is 0 Å². The van der Waals surface area contributed by atoms with Crippen molar-refractivity contribution in [3.8, 4) is 0 Å². The van der Waals surface area contributed by atoms with Crippen LogP contribution in [0.3, 0.4) is 0 Å². The summed E-state index contributed by atoms with van der Waals surface area (Å²) in [6.45, 7) is 3.18. The van der Waals surface area contributed by atoms with Crippen molar-refractivity contribution in [3.05, 3.63) is 6.92 Å². The second kappa shape index (κ2) is 9.43. The van der Waals surface area contributed by atoms with E-state index in [-0.39, 0.29) is 65.5 Å². The summed E-state index contributed by atoms with van der Waals surface area (Å²) >= 11 is 0. The molecule has 0 aliphatic heterocycles. The van der Waals surface area contributed by atoms with E-state index in [9.17, 15) is 4.79 Å². The average Bonchev–Trinajstić information content (AvgIpc) is 1.65. The number of aliphatic carboxylic acids is 1. The Hall–Kier alpha value is 1.43. The second-order valence-electron chi connectivity index (χ2n) is 1.14. The maximum absolute atomic E-state index is 9.64. The molecule has 1 unspecified atom stereocenters. The fourth-order valence-corrected chi connectivity index (χ4v) is 0.123. The predicted molar refractivity (Wildman–Crippen MR) is 37.9 cm³/mol. The summed E-state index contributed by atoms with van der Waals surface area (Å²) in [6.07, 6.45) is -1.27. The first-order chi connectivity index (χ1) is 3.18. The van der Waals surface area contributed by atoms with Gasteiger partial charge in [-0.1, -0.05) is 6.92 Å². The topological polar surface area (TPSA) is 57.5 Å². The van der Waals surface area contributed by atoms with Gasteiger partial charge in [0.1, 0.15) is 0 Å². The molecule has 0 aliphatic rings. The molecule has 5 heteroatoms. The van der Waals surface area contributed by atoms with Gasteiger partial charge in [0.05, 0.1) is 0 Å². The van der Waals surface area contributed by atoms with Gasteiger partial charge in [0.15, 0.2) is 6.10 Å². The zero-order valence-corrected chi connectivity index (χ0v) is 3.79. The molecule has 0 saturated heterocycles. The van der Waals surface area contributed by atoms with Gasteiger partial charge >= 0.3 is 65.1 Å². The van der Waals surface area contributed by atoms with Gasteiger partial charge in [-0.2, -0.15) is 0 Å². The van der Waals surface area contributed by atoms with E-state index < -0.39 is 12.1 Å². The first-order valence-corrected chi connectivity index (χ1v) is 1.88. The minimum absolute atomic E-state index is 0. The van der Waals surface area contributed by atoms with Crippen molar-refractivity contribution in [2.24, 2.45) is 0 Å². The second-order valence-corrected chi connectivity index (χ2v) is 1.14. The van der Waals surface area contributed by atoms with E-state index in [2.05, 4.69) is 6.92 Å². The average molecular weight is 151 g/mol. The van der Waals surface area contributed by atoms with E-state index in [1.165, 1.54) is 0 Å². The van der Waals surface area contributed by atoms with Crippen LogP contribution in [0.1, 0.15) is 6.42 Å². The first-order valence-electron chi connectivity index (χ1n) is 1.88. The molecule has 0 heterocycles. The normalized spacial score (nSPS) is 10.4. The van der Waals surface area contributed by atoms with Gasteiger partial charge in [0.2, 0.25) is 0 Å². The van der Waals surface area contributed by atoms with Crippen molar-refractivity contribution in [2.45, 2.75) is 12.5 Å². The third-order valence-electron chi connectivity index (χ3n) is 0.558. The molecular weight excluding hydrogens is 142 g/mol. The summed E-state index contributed by atoms with van der Waals surface area (Å²) in [5.41, 5.74) is 0. The molecule has 0 fully saturated rings. The summed E-state index contributed by atoms with van der Waals surface area (Å²) in [5, 5.41) is 16.2. The molecule has 0 amide bonds. The molecule has 0 aromatic rings. The molecule has 0 saturated carbocycles. The summed E-state index contributed by atoms with van der Waals surface area (Å²) < 4.78 is 0. The van der Waals surface area contributed by atoms with Gasteiger partial charge in [-0.3, -0.25) is 0 Å². The van der Waals surface area contributed by atoms with Gasteiger partial charge in [-0.25, -0.2) is 4.79 Å². The van der Waals surface area contributed by atoms with Gasteiger partial charge in [0, 0.05) is 0 Å². The molecule has 2 N–H and O–H groups in total. The van der Waals surface area contributed by atoms with Gasteiger partial charge in [0.25, 0.3) is 0 Å². The van der Waals surface area contributed by atoms with Crippen molar-refractivity contribution in [1.82, 2.24) is 0 Å². The van der Waals surface area contributed by atoms with Crippen molar-refractivity contribution < 1.29 is 15.0 Å². The van der Waals surface area contributed by atoms with Crippen molar-refractivity contribution in [1.29, 1.82) is 0 Å². The molecule has 3 nitrogen and oxygen atoms in total. The molecule has 0 aromatic heterocycles. The summed E-state index contributed by atoms with van der Waals surface area (Å²) in [4.78, 5) is 9.64. The molecule has 0 aliphatic carbocycles. The van der Waals surface area contributed by atoms with Crippen LogP contribution in [-0.2, 0) is 4.79 Å². The van der Waals surface area contributed by atoms with Crippen LogP contribution in [0.2, 0.25) is 0 Å². The maximum atomic E-state index is 9.64. The molecule has 0 spiro atoms. The minimum atomic E-state index is -1.29. The Balaban J connectivity index is -0.000000180. The van der Waals surface area contributed by atoms with Crippen LogP contribution < -0.4 is 0 Å². The number of aliphatic hydroxyl groups excluding tert-OH is 1. The molecule has 0 rings (SSSR count). The fraction of sp³-hybridized carbons (Fsp3) is 0.500. The molecule has 0 aromatic carbocycles. The Kier molecular flexibility index (Phi) is 17.6. The van der Waals surface area contributed by atoms with Crippen LogP contribution in [0.15, 0.2) is 0 Å². The number of aliphatic hydroxyl groups is 1. The Labute approximate surface area is 98.4 Å². The standard InChI is InChI=1S/C4H7O3.2Na.2H/c1-2-3(5)4(6)7;;;;/h3,5H,1-2H2,(H,6,7);;;;. The van der Waals surface area contributed by atoms with Gasteiger partial charge < -0.3 is 10.2 Å². The summed E-state index contributed by atoms with van der Waals surface area (Å²) in [7, 11) is 0. The number of carbonyl (C=O) groups is 1. The monoisotopic (exact) mass is 151 g/mol. The first kappa shape index (κ1) is 16.8. The zero-order valence-electron chi connectivity index (χ0n) is 3.79. The number of carboxylic acids is 1. The van der Waals surface area contributed by atoms with Gasteiger partial charge in [-0.15, -0.1) is 0 Å². The van der Waals surface area contributed by atoms with E-state index in [1.807, 2.05) is 0 Å². The fourth-order valence-electron chi connectivity index (χ4n) is 0.123. The predicted octanol–water partition coefficient (Wildman–Crippen LogP) is -1.64. The van der Waals surface area contributed by atoms with Crippen LogP contribution in [0.25, 0.3) is 0 Å². The van der Waals surface area contributed by atoms with Crippen LogP contribution in [0, 0.1) is 6.92 Å². The van der Waals surface area contributed by atoms with Crippen LogP contribution >= 0.6 is 0 Å². The molecule has 1 radical (unpaired) electrons. The molecular formula is C4H9Na2O3. The van der Waals surface area contributed by atoms with Crippen LogP contribution in [-0.4, -0.2) is 81.4 Å². The SMILES string of the molecule is [CH2]CC(O)C(=O)O.[NaH].[NaH]. The quantitative estimate of drug-likeness (QED) is 0.465. The molecule has 9 heavy (non-hydrogen) atoms. The number of hydrogen-bond donors (Lipinski definition) is 2. The Morgan fingerprint density at radius 1 is 1.56 bits per heavy atom. The van der Waals surface area contributed by atoms with Crippen LogP contribution in [0.5, 0.6) is 0 Å². The number of carboxylic acid groups (broad SMARTS) is 1. The zero-order chi connectivity index (χ0) is 5.86. The molecule has 0 bridgehead atoms. The third kappa shape index (κ3) is 9.43. The van der Waals surface area contributed by atoms with E-state index in [0.717, 1.165) is 0 Å². The van der Waals surface area contributed by atoms with Crippen molar-refractivity contribution >= 4 is 65.1 Å². The summed E-state index contributed by atoms with van der Waals surface area (Å²) in [6, 6.07) is 0. The van der Waals surface area contributed by atoms with Gasteiger partial charge in [-0.05, 0) is 6.42 Å². The molecule has 45 valence electrons. The van der Waals surface area contributed by atoms with Crippen molar-refractivity contribution in [3.63, 3.8) is 0 Å². The number of hydrogen-bond acceptors (Lipinski definition) is 2.